The number of allylic oxidation sites excluding steroid dienone is 2. The summed E-state index contributed by atoms with van der Waals surface area (Å²) in [6.07, 6.45) is 7.99. The number of carbonyl (C=O) groups excluding carboxylic acids is 2. The van der Waals surface area contributed by atoms with E-state index in [0.29, 0.717) is 19.3 Å². The van der Waals surface area contributed by atoms with E-state index in [2.05, 4.69) is 65.9 Å². The van der Waals surface area contributed by atoms with Crippen LogP contribution in [0.2, 0.25) is 18.1 Å². The molecule has 2 aliphatic carbocycles. The summed E-state index contributed by atoms with van der Waals surface area (Å²) in [5, 5.41) is 10.1. The summed E-state index contributed by atoms with van der Waals surface area (Å²) in [5.74, 6) is 0.0718. The Balaban J connectivity index is 1.97. The number of aliphatic hydroxyl groups excluding tert-OH is 1. The van der Waals surface area contributed by atoms with Gasteiger partial charge in [-0.05, 0) is 68.7 Å². The van der Waals surface area contributed by atoms with Gasteiger partial charge in [0.05, 0.1) is 24.0 Å². The van der Waals surface area contributed by atoms with Gasteiger partial charge in [-0.25, -0.2) is 0 Å². The molecule has 1 fully saturated rings. The van der Waals surface area contributed by atoms with Gasteiger partial charge in [0, 0.05) is 18.3 Å². The van der Waals surface area contributed by atoms with Crippen LogP contribution in [0.3, 0.4) is 0 Å². The van der Waals surface area contributed by atoms with E-state index < -0.39 is 25.9 Å². The van der Waals surface area contributed by atoms with Crippen LogP contribution in [0.25, 0.3) is 0 Å². The molecule has 0 radical (unpaired) electrons. The molecular formula is C31H52O6Si. The van der Waals surface area contributed by atoms with Crippen molar-refractivity contribution in [3.05, 3.63) is 23.8 Å². The summed E-state index contributed by atoms with van der Waals surface area (Å²) >= 11 is 0. The Morgan fingerprint density at radius 3 is 2.34 bits per heavy atom. The zero-order valence-corrected chi connectivity index (χ0v) is 26.4. The summed E-state index contributed by atoms with van der Waals surface area (Å²) in [4.78, 5) is 25.5. The number of carbonyl (C=O) groups is 2. The first kappa shape index (κ1) is 31.1. The zero-order chi connectivity index (χ0) is 28.6. The number of cyclic esters (lactones) is 1. The summed E-state index contributed by atoms with van der Waals surface area (Å²) < 4.78 is 19.2. The number of esters is 2. The summed E-state index contributed by atoms with van der Waals surface area (Å²) in [6.45, 7) is 21.6. The van der Waals surface area contributed by atoms with Crippen LogP contribution in [0.4, 0.5) is 0 Å². The number of rotatable bonds is 8. The van der Waals surface area contributed by atoms with Crippen LogP contribution in [0.15, 0.2) is 23.8 Å². The Morgan fingerprint density at radius 2 is 1.76 bits per heavy atom. The predicted octanol–water partition coefficient (Wildman–Crippen LogP) is 6.59. The molecule has 216 valence electrons. The lowest BCUT2D eigenvalue weighted by Crippen LogP contribution is -2.56. The van der Waals surface area contributed by atoms with Crippen molar-refractivity contribution in [3.8, 4) is 0 Å². The molecule has 7 heteroatoms. The molecule has 0 saturated carbocycles. The lowest BCUT2D eigenvalue weighted by Gasteiger charge is -2.50. The van der Waals surface area contributed by atoms with E-state index in [1.54, 1.807) is 0 Å². The monoisotopic (exact) mass is 548 g/mol. The van der Waals surface area contributed by atoms with Crippen LogP contribution in [-0.2, 0) is 23.5 Å². The molecule has 0 aromatic carbocycles. The molecule has 6 nitrogen and oxygen atoms in total. The van der Waals surface area contributed by atoms with E-state index in [1.807, 2.05) is 20.8 Å². The van der Waals surface area contributed by atoms with E-state index in [4.69, 9.17) is 13.9 Å². The predicted molar refractivity (Wildman–Crippen MR) is 153 cm³/mol. The van der Waals surface area contributed by atoms with Gasteiger partial charge in [0.25, 0.3) is 0 Å². The molecule has 38 heavy (non-hydrogen) atoms. The summed E-state index contributed by atoms with van der Waals surface area (Å²) in [7, 11) is -2.16. The number of hydrogen-bond donors (Lipinski definition) is 1. The third-order valence-corrected chi connectivity index (χ3v) is 14.2. The fourth-order valence-electron chi connectivity index (χ4n) is 5.71. The van der Waals surface area contributed by atoms with Crippen molar-refractivity contribution in [2.75, 3.05) is 0 Å². The van der Waals surface area contributed by atoms with Crippen molar-refractivity contribution in [2.45, 2.75) is 130 Å². The fraction of sp³-hybridized carbons (Fsp3) is 0.806. The minimum atomic E-state index is -2.16. The van der Waals surface area contributed by atoms with Crippen LogP contribution in [-0.4, -0.2) is 49.8 Å². The normalized spacial score (nSPS) is 34.3. The van der Waals surface area contributed by atoms with Crippen LogP contribution in [0.1, 0.15) is 87.5 Å². The molecule has 0 bridgehead atoms. The highest BCUT2D eigenvalue weighted by atomic mass is 28.4. The first-order valence-electron chi connectivity index (χ1n) is 14.6. The smallest absolute Gasteiger partial charge is 0.311 e. The van der Waals surface area contributed by atoms with Crippen molar-refractivity contribution in [1.29, 1.82) is 0 Å². The van der Waals surface area contributed by atoms with Crippen LogP contribution >= 0.6 is 0 Å². The summed E-state index contributed by atoms with van der Waals surface area (Å²) in [5.41, 5.74) is 0.632. The molecule has 0 aromatic heterocycles. The molecule has 1 N–H and O–H groups in total. The van der Waals surface area contributed by atoms with E-state index in [1.165, 1.54) is 5.57 Å². The van der Waals surface area contributed by atoms with Gasteiger partial charge in [-0.1, -0.05) is 59.8 Å². The van der Waals surface area contributed by atoms with Crippen molar-refractivity contribution >= 4 is 20.3 Å². The maximum Gasteiger partial charge on any atom is 0.311 e. The first-order chi connectivity index (χ1) is 17.5. The van der Waals surface area contributed by atoms with Gasteiger partial charge in [0.15, 0.2) is 8.32 Å². The Morgan fingerprint density at radius 1 is 1.11 bits per heavy atom. The molecule has 0 aromatic rings. The second kappa shape index (κ2) is 11.6. The molecule has 0 spiro atoms. The topological polar surface area (TPSA) is 82.1 Å². The SMILES string of the molecule is CCC(C)(C)C(=O)O[C@H]1[C@@H](O[Si](C)(C)C(C)(C)C)[C@@H](C)C=C2C=C[C@H](C)[C@H](CC[C@@H]3C[C@@H](O)CC(=O)O3)[C@H]21. The van der Waals surface area contributed by atoms with Crippen molar-refractivity contribution in [1.82, 2.24) is 0 Å². The number of aliphatic hydroxyl groups is 1. The zero-order valence-electron chi connectivity index (χ0n) is 25.4. The summed E-state index contributed by atoms with van der Waals surface area (Å²) in [6, 6.07) is 0. The Hall–Kier alpha value is -1.44. The lowest BCUT2D eigenvalue weighted by atomic mass is 9.64. The molecule has 3 rings (SSSR count). The minimum Gasteiger partial charge on any atom is -0.462 e. The van der Waals surface area contributed by atoms with E-state index in [9.17, 15) is 14.7 Å². The van der Waals surface area contributed by atoms with E-state index >= 15 is 0 Å². The molecule has 0 amide bonds. The highest BCUT2D eigenvalue weighted by Crippen LogP contribution is 2.48. The second-order valence-corrected chi connectivity index (χ2v) is 18.9. The number of ether oxygens (including phenoxy) is 2. The third kappa shape index (κ3) is 6.82. The average Bonchev–Trinajstić information content (AvgIpc) is 2.79. The minimum absolute atomic E-state index is 0.00166. The maximum atomic E-state index is 13.5. The first-order valence-corrected chi connectivity index (χ1v) is 17.5. The van der Waals surface area contributed by atoms with E-state index in [0.717, 1.165) is 6.42 Å². The molecule has 8 atom stereocenters. The standard InChI is InChI=1S/C31H52O6Si/c1-11-31(7,8)29(34)36-28-26-21(16-20(3)27(28)37-38(9,10)30(4,5)6)13-12-19(2)24(26)15-14-23-17-22(32)18-25(33)35-23/h12-13,16,19-20,22-24,26-28,32H,11,14-15,17-18H2,1-10H3/t19-,20-,22+,23+,24-,26-,27-,28+/m0/s1. The molecule has 0 unspecified atom stereocenters. The van der Waals surface area contributed by atoms with Crippen LogP contribution < -0.4 is 0 Å². The molecular weight excluding hydrogens is 496 g/mol. The molecule has 1 aliphatic heterocycles. The lowest BCUT2D eigenvalue weighted by molar-refractivity contribution is -0.173. The van der Waals surface area contributed by atoms with Gasteiger partial charge >= 0.3 is 11.9 Å². The molecule has 1 saturated heterocycles. The largest absolute Gasteiger partial charge is 0.462 e. The van der Waals surface area contributed by atoms with E-state index in [-0.39, 0.29) is 59.3 Å². The van der Waals surface area contributed by atoms with Gasteiger partial charge in [0.2, 0.25) is 0 Å². The molecule has 1 heterocycles. The Labute approximate surface area is 231 Å². The van der Waals surface area contributed by atoms with Crippen molar-refractivity contribution in [3.63, 3.8) is 0 Å². The van der Waals surface area contributed by atoms with Crippen LogP contribution in [0, 0.1) is 29.1 Å². The number of hydrogen-bond acceptors (Lipinski definition) is 6. The van der Waals surface area contributed by atoms with Gasteiger partial charge in [0.1, 0.15) is 12.2 Å². The van der Waals surface area contributed by atoms with Crippen LogP contribution in [0.5, 0.6) is 0 Å². The average molecular weight is 549 g/mol. The Bertz CT molecular complexity index is 929. The fourth-order valence-corrected chi connectivity index (χ4v) is 7.09. The highest BCUT2D eigenvalue weighted by molar-refractivity contribution is 6.74. The maximum absolute atomic E-state index is 13.5. The van der Waals surface area contributed by atoms with Crippen molar-refractivity contribution in [2.24, 2.45) is 29.1 Å². The van der Waals surface area contributed by atoms with Gasteiger partial charge < -0.3 is 19.0 Å². The highest BCUT2D eigenvalue weighted by Gasteiger charge is 2.51. The quantitative estimate of drug-likeness (QED) is 0.272. The number of fused-ring (bicyclic) bond motifs is 1. The third-order valence-electron chi connectivity index (χ3n) is 9.74. The Kier molecular flexibility index (Phi) is 9.47. The van der Waals surface area contributed by atoms with Gasteiger partial charge in [-0.3, -0.25) is 9.59 Å². The van der Waals surface area contributed by atoms with Crippen molar-refractivity contribution < 1.29 is 28.6 Å². The van der Waals surface area contributed by atoms with Gasteiger partial charge in [-0.2, -0.15) is 0 Å². The van der Waals surface area contributed by atoms with Gasteiger partial charge in [-0.15, -0.1) is 0 Å². The second-order valence-electron chi connectivity index (χ2n) is 14.2. The molecule has 3 aliphatic rings.